The molecule has 5 rings (SSSR count). The molecule has 0 N–H and O–H groups in total. The Balaban J connectivity index is 1.28. The highest BCUT2D eigenvalue weighted by molar-refractivity contribution is 9.10. The van der Waals surface area contributed by atoms with Gasteiger partial charge in [-0.2, -0.15) is 0 Å². The van der Waals surface area contributed by atoms with Crippen LogP contribution in [0.2, 0.25) is 0 Å². The topological polar surface area (TPSA) is 63.7 Å². The monoisotopic (exact) mass is 465 g/mol. The third-order valence-corrected chi connectivity index (χ3v) is 7.05. The molecule has 0 unspecified atom stereocenters. The molecule has 1 aliphatic heterocycles. The van der Waals surface area contributed by atoms with Gasteiger partial charge in [0.1, 0.15) is 6.61 Å². The minimum atomic E-state index is -0.446. The third kappa shape index (κ3) is 3.01. The highest BCUT2D eigenvalue weighted by Gasteiger charge is 2.60. The number of carbonyl (C=O) groups excluding carboxylic acids is 3. The van der Waals surface area contributed by atoms with E-state index < -0.39 is 5.97 Å². The Labute approximate surface area is 182 Å². The maximum Gasteiger partial charge on any atom is 0.338 e. The molecule has 2 bridgehead atoms. The number of allylic oxidation sites excluding steroid dienone is 2. The zero-order chi connectivity index (χ0) is 21.0. The summed E-state index contributed by atoms with van der Waals surface area (Å²) in [7, 11) is 0. The number of benzene rings is 2. The Hall–Kier alpha value is -2.73. The van der Waals surface area contributed by atoms with Crippen molar-refractivity contribution in [2.45, 2.75) is 20.0 Å². The Bertz CT molecular complexity index is 1070. The summed E-state index contributed by atoms with van der Waals surface area (Å²) in [6, 6.07) is 14.0. The van der Waals surface area contributed by atoms with E-state index in [9.17, 15) is 14.4 Å². The lowest BCUT2D eigenvalue weighted by Gasteiger charge is -2.19. The number of fused-ring (bicyclic) bond motifs is 5. The number of nitrogens with zero attached hydrogens (tertiary/aromatic N) is 1. The van der Waals surface area contributed by atoms with Crippen molar-refractivity contribution in [1.29, 1.82) is 0 Å². The molecule has 0 aromatic heterocycles. The zero-order valence-electron chi connectivity index (χ0n) is 16.4. The predicted molar refractivity (Wildman–Crippen MR) is 115 cm³/mol. The van der Waals surface area contributed by atoms with Crippen LogP contribution in [0.4, 0.5) is 5.69 Å². The van der Waals surface area contributed by atoms with Crippen molar-refractivity contribution in [3.63, 3.8) is 0 Å². The number of rotatable bonds is 4. The summed E-state index contributed by atoms with van der Waals surface area (Å²) in [5, 5.41) is 0. The summed E-state index contributed by atoms with van der Waals surface area (Å²) >= 11 is 3.37. The molecular weight excluding hydrogens is 446 g/mol. The second-order valence-corrected chi connectivity index (χ2v) is 9.15. The molecule has 2 aromatic rings. The van der Waals surface area contributed by atoms with E-state index in [0.717, 1.165) is 16.5 Å². The van der Waals surface area contributed by atoms with E-state index in [1.165, 1.54) is 10.5 Å². The smallest absolute Gasteiger partial charge is 0.338 e. The SMILES string of the molecule is CC1=C[C@@H]2C[C@H]1[C@@H]1C(=O)N(c3ccc(C(=O)OCc4ccc(Br)cc4)cc3)C(=O)[C@H]12. The molecule has 5 nitrogen and oxygen atoms in total. The molecule has 2 fully saturated rings. The van der Waals surface area contributed by atoms with Crippen molar-refractivity contribution in [3.05, 3.63) is 75.8 Å². The molecule has 4 atom stereocenters. The highest BCUT2D eigenvalue weighted by atomic mass is 79.9. The summed E-state index contributed by atoms with van der Waals surface area (Å²) in [5.74, 6) is -0.783. The Morgan fingerprint density at radius 1 is 1.03 bits per heavy atom. The lowest BCUT2D eigenvalue weighted by atomic mass is 9.82. The van der Waals surface area contributed by atoms with Gasteiger partial charge in [-0.3, -0.25) is 14.5 Å². The van der Waals surface area contributed by atoms with Gasteiger partial charge in [0.25, 0.3) is 0 Å². The van der Waals surface area contributed by atoms with Crippen molar-refractivity contribution in [2.75, 3.05) is 4.90 Å². The van der Waals surface area contributed by atoms with Gasteiger partial charge in [-0.25, -0.2) is 4.79 Å². The molecule has 1 saturated heterocycles. The lowest BCUT2D eigenvalue weighted by molar-refractivity contribution is -0.123. The van der Waals surface area contributed by atoms with Gasteiger partial charge in [0, 0.05) is 4.47 Å². The van der Waals surface area contributed by atoms with Gasteiger partial charge >= 0.3 is 5.97 Å². The van der Waals surface area contributed by atoms with E-state index in [1.54, 1.807) is 24.3 Å². The van der Waals surface area contributed by atoms with Crippen LogP contribution in [0.1, 0.15) is 29.3 Å². The number of amides is 2. The van der Waals surface area contributed by atoms with Gasteiger partial charge in [0.2, 0.25) is 11.8 Å². The van der Waals surface area contributed by atoms with Gasteiger partial charge in [-0.1, -0.05) is 39.7 Å². The number of imide groups is 1. The van der Waals surface area contributed by atoms with Crippen molar-refractivity contribution < 1.29 is 19.1 Å². The Morgan fingerprint density at radius 2 is 1.70 bits per heavy atom. The van der Waals surface area contributed by atoms with E-state index in [1.807, 2.05) is 24.3 Å². The van der Waals surface area contributed by atoms with Crippen LogP contribution in [0.25, 0.3) is 0 Å². The first-order valence-corrected chi connectivity index (χ1v) is 10.8. The first kappa shape index (κ1) is 19.2. The number of halogens is 1. The molecule has 0 spiro atoms. The molecule has 2 aliphatic carbocycles. The van der Waals surface area contributed by atoms with E-state index in [0.29, 0.717) is 11.3 Å². The molecule has 2 aromatic carbocycles. The van der Waals surface area contributed by atoms with Crippen LogP contribution in [0.15, 0.2) is 64.7 Å². The van der Waals surface area contributed by atoms with Gasteiger partial charge in [-0.15, -0.1) is 0 Å². The first-order chi connectivity index (χ1) is 14.4. The molecule has 3 aliphatic rings. The Kier molecular flexibility index (Phi) is 4.62. The average Bonchev–Trinajstić information content (AvgIpc) is 3.38. The van der Waals surface area contributed by atoms with Crippen LogP contribution in [-0.2, 0) is 20.9 Å². The molecule has 6 heteroatoms. The summed E-state index contributed by atoms with van der Waals surface area (Å²) in [4.78, 5) is 39.6. The highest BCUT2D eigenvalue weighted by Crippen LogP contribution is 2.55. The van der Waals surface area contributed by atoms with Gasteiger partial charge in [0.05, 0.1) is 23.1 Å². The van der Waals surface area contributed by atoms with Crippen molar-refractivity contribution in [2.24, 2.45) is 23.7 Å². The van der Waals surface area contributed by atoms with Crippen LogP contribution >= 0.6 is 15.9 Å². The van der Waals surface area contributed by atoms with E-state index >= 15 is 0 Å². The fourth-order valence-corrected chi connectivity index (χ4v) is 5.35. The van der Waals surface area contributed by atoms with Gasteiger partial charge in [0.15, 0.2) is 0 Å². The van der Waals surface area contributed by atoms with Crippen molar-refractivity contribution in [1.82, 2.24) is 0 Å². The van der Waals surface area contributed by atoms with Crippen LogP contribution in [0.3, 0.4) is 0 Å². The minimum absolute atomic E-state index is 0.115. The molecule has 1 heterocycles. The normalized spacial score (nSPS) is 26.7. The van der Waals surface area contributed by atoms with Gasteiger partial charge in [-0.05, 0) is 67.1 Å². The quantitative estimate of drug-likeness (QED) is 0.378. The number of esters is 1. The molecule has 30 heavy (non-hydrogen) atoms. The number of anilines is 1. The minimum Gasteiger partial charge on any atom is -0.457 e. The van der Waals surface area contributed by atoms with Crippen LogP contribution in [-0.4, -0.2) is 17.8 Å². The Morgan fingerprint density at radius 3 is 2.40 bits per heavy atom. The van der Waals surface area contributed by atoms with E-state index in [-0.39, 0.29) is 42.1 Å². The van der Waals surface area contributed by atoms with E-state index in [2.05, 4.69) is 28.9 Å². The molecule has 2 amide bonds. The van der Waals surface area contributed by atoms with Gasteiger partial charge < -0.3 is 4.74 Å². The maximum absolute atomic E-state index is 13.0. The van der Waals surface area contributed by atoms with Crippen molar-refractivity contribution >= 4 is 39.4 Å². The van der Waals surface area contributed by atoms with Crippen LogP contribution in [0.5, 0.6) is 0 Å². The van der Waals surface area contributed by atoms with Crippen molar-refractivity contribution in [3.8, 4) is 0 Å². The first-order valence-electron chi connectivity index (χ1n) is 10.0. The largest absolute Gasteiger partial charge is 0.457 e. The number of ether oxygens (including phenoxy) is 1. The molecule has 152 valence electrons. The fourth-order valence-electron chi connectivity index (χ4n) is 5.09. The maximum atomic E-state index is 13.0. The van der Waals surface area contributed by atoms with E-state index in [4.69, 9.17) is 4.74 Å². The van der Waals surface area contributed by atoms with Crippen LogP contribution < -0.4 is 4.90 Å². The zero-order valence-corrected chi connectivity index (χ0v) is 18.0. The number of hydrogen-bond donors (Lipinski definition) is 0. The lowest BCUT2D eigenvalue weighted by Crippen LogP contribution is -2.32. The summed E-state index contributed by atoms with van der Waals surface area (Å²) < 4.78 is 6.32. The predicted octanol–water partition coefficient (Wildman–Crippen LogP) is 4.51. The molecule has 1 saturated carbocycles. The average molecular weight is 466 g/mol. The summed E-state index contributed by atoms with van der Waals surface area (Å²) in [6.07, 6.45) is 3.07. The number of carbonyl (C=O) groups is 3. The fraction of sp³-hybridized carbons (Fsp3) is 0.292. The summed E-state index contributed by atoms with van der Waals surface area (Å²) in [6.45, 7) is 2.23. The second kappa shape index (κ2) is 7.20. The molecular formula is C24H20BrNO4. The summed E-state index contributed by atoms with van der Waals surface area (Å²) in [5.41, 5.74) is 3.02. The standard InChI is InChI=1S/C24H20BrNO4/c1-13-10-16-11-19(13)21-20(16)22(27)26(23(21)28)18-8-4-15(5-9-18)24(29)30-12-14-2-6-17(25)7-3-14/h2-10,16,19-21H,11-12H2,1H3/t16-,19-,20+,21+/m1/s1. The number of hydrogen-bond acceptors (Lipinski definition) is 4. The second-order valence-electron chi connectivity index (χ2n) is 8.23. The molecule has 0 radical (unpaired) electrons. The third-order valence-electron chi connectivity index (χ3n) is 6.53. The van der Waals surface area contributed by atoms with Crippen LogP contribution in [0, 0.1) is 23.7 Å².